The van der Waals surface area contributed by atoms with Gasteiger partial charge in [-0.05, 0) is 37.3 Å². The number of rotatable bonds is 5. The molecule has 0 saturated heterocycles. The summed E-state index contributed by atoms with van der Waals surface area (Å²) in [7, 11) is 0. The first-order valence-electron chi connectivity index (χ1n) is 5.05. The van der Waals surface area contributed by atoms with Gasteiger partial charge in [-0.2, -0.15) is 11.8 Å². The highest BCUT2D eigenvalue weighted by molar-refractivity contribution is 7.98. The smallest absolute Gasteiger partial charge is 0.00671 e. The molecule has 72 valence electrons. The number of hydrogen-bond acceptors (Lipinski definition) is 2. The van der Waals surface area contributed by atoms with Crippen LogP contribution >= 0.6 is 11.8 Å². The Kier molecular flexibility index (Phi) is 5.08. The van der Waals surface area contributed by atoms with Crippen LogP contribution in [-0.2, 0) is 0 Å². The van der Waals surface area contributed by atoms with Crippen molar-refractivity contribution in [3.8, 4) is 0 Å². The fourth-order valence-electron chi connectivity index (χ4n) is 1.84. The summed E-state index contributed by atoms with van der Waals surface area (Å²) in [5.41, 5.74) is 0. The third-order valence-corrected chi connectivity index (χ3v) is 3.46. The van der Waals surface area contributed by atoms with Gasteiger partial charge in [-0.25, -0.2) is 0 Å². The SMILES string of the molecule is CSCC(C)CNC1CCCC1. The minimum Gasteiger partial charge on any atom is -0.314 e. The van der Waals surface area contributed by atoms with E-state index in [2.05, 4.69) is 18.5 Å². The van der Waals surface area contributed by atoms with Crippen LogP contribution in [-0.4, -0.2) is 24.6 Å². The average Bonchev–Trinajstić information content (AvgIpc) is 2.53. The van der Waals surface area contributed by atoms with E-state index in [9.17, 15) is 0 Å². The lowest BCUT2D eigenvalue weighted by molar-refractivity contribution is 0.472. The molecule has 1 unspecified atom stereocenters. The van der Waals surface area contributed by atoms with Crippen molar-refractivity contribution in [2.45, 2.75) is 38.6 Å². The second kappa shape index (κ2) is 5.87. The summed E-state index contributed by atoms with van der Waals surface area (Å²) < 4.78 is 0. The first-order valence-corrected chi connectivity index (χ1v) is 6.44. The van der Waals surface area contributed by atoms with Crippen LogP contribution in [0.4, 0.5) is 0 Å². The van der Waals surface area contributed by atoms with Gasteiger partial charge in [0.1, 0.15) is 0 Å². The summed E-state index contributed by atoms with van der Waals surface area (Å²) in [4.78, 5) is 0. The Hall–Kier alpha value is 0.310. The van der Waals surface area contributed by atoms with E-state index in [4.69, 9.17) is 0 Å². The Morgan fingerprint density at radius 2 is 2.08 bits per heavy atom. The van der Waals surface area contributed by atoms with Crippen LogP contribution in [0.1, 0.15) is 32.6 Å². The average molecular weight is 187 g/mol. The lowest BCUT2D eigenvalue weighted by Gasteiger charge is -2.15. The molecule has 1 atom stereocenters. The van der Waals surface area contributed by atoms with Crippen molar-refractivity contribution in [1.82, 2.24) is 5.32 Å². The van der Waals surface area contributed by atoms with E-state index < -0.39 is 0 Å². The molecule has 0 aromatic heterocycles. The van der Waals surface area contributed by atoms with Crippen LogP contribution in [0.15, 0.2) is 0 Å². The highest BCUT2D eigenvalue weighted by Gasteiger charge is 2.14. The highest BCUT2D eigenvalue weighted by Crippen LogP contribution is 2.17. The van der Waals surface area contributed by atoms with Crippen molar-refractivity contribution < 1.29 is 0 Å². The first-order chi connectivity index (χ1) is 5.83. The molecule has 12 heavy (non-hydrogen) atoms. The summed E-state index contributed by atoms with van der Waals surface area (Å²) in [6, 6.07) is 0.842. The molecular formula is C10H21NS. The molecule has 0 bridgehead atoms. The van der Waals surface area contributed by atoms with Crippen molar-refractivity contribution in [2.24, 2.45) is 5.92 Å². The molecule has 0 spiro atoms. The Morgan fingerprint density at radius 3 is 2.67 bits per heavy atom. The van der Waals surface area contributed by atoms with E-state index in [0.717, 1.165) is 12.0 Å². The van der Waals surface area contributed by atoms with Crippen LogP contribution in [0, 0.1) is 5.92 Å². The summed E-state index contributed by atoms with van der Waals surface area (Å²) in [5.74, 6) is 2.13. The van der Waals surface area contributed by atoms with Crippen molar-refractivity contribution in [2.75, 3.05) is 18.6 Å². The van der Waals surface area contributed by atoms with E-state index in [1.54, 1.807) is 0 Å². The maximum Gasteiger partial charge on any atom is 0.00671 e. The van der Waals surface area contributed by atoms with Crippen LogP contribution in [0.3, 0.4) is 0 Å². The molecule has 0 amide bonds. The van der Waals surface area contributed by atoms with Gasteiger partial charge in [-0.3, -0.25) is 0 Å². The molecule has 0 radical (unpaired) electrons. The summed E-state index contributed by atoms with van der Waals surface area (Å²) in [5, 5.41) is 3.65. The van der Waals surface area contributed by atoms with Crippen LogP contribution < -0.4 is 5.32 Å². The minimum atomic E-state index is 0.834. The van der Waals surface area contributed by atoms with E-state index in [1.807, 2.05) is 11.8 Å². The van der Waals surface area contributed by atoms with Crippen molar-refractivity contribution >= 4 is 11.8 Å². The molecule has 1 rings (SSSR count). The van der Waals surface area contributed by atoms with E-state index in [-0.39, 0.29) is 0 Å². The predicted molar refractivity (Wildman–Crippen MR) is 57.8 cm³/mol. The molecule has 2 heteroatoms. The normalized spacial score (nSPS) is 21.5. The van der Waals surface area contributed by atoms with Crippen molar-refractivity contribution in [3.05, 3.63) is 0 Å². The van der Waals surface area contributed by atoms with Gasteiger partial charge in [0.15, 0.2) is 0 Å². The predicted octanol–water partition coefficient (Wildman–Crippen LogP) is 2.52. The zero-order valence-corrected chi connectivity index (χ0v) is 9.12. The van der Waals surface area contributed by atoms with Crippen LogP contribution in [0.5, 0.6) is 0 Å². The van der Waals surface area contributed by atoms with E-state index in [1.165, 1.54) is 38.0 Å². The van der Waals surface area contributed by atoms with Gasteiger partial charge in [0.05, 0.1) is 0 Å². The molecule has 0 aromatic carbocycles. The molecule has 1 saturated carbocycles. The maximum atomic E-state index is 3.65. The third kappa shape index (κ3) is 3.81. The second-order valence-electron chi connectivity index (χ2n) is 3.95. The Balaban J connectivity index is 1.99. The lowest BCUT2D eigenvalue weighted by Crippen LogP contribution is -2.31. The van der Waals surface area contributed by atoms with Gasteiger partial charge in [-0.15, -0.1) is 0 Å². The van der Waals surface area contributed by atoms with Crippen LogP contribution in [0.2, 0.25) is 0 Å². The molecule has 1 nitrogen and oxygen atoms in total. The summed E-state index contributed by atoms with van der Waals surface area (Å²) in [6.45, 7) is 3.55. The molecule has 1 N–H and O–H groups in total. The molecular weight excluding hydrogens is 166 g/mol. The lowest BCUT2D eigenvalue weighted by atomic mass is 10.2. The number of nitrogens with one attached hydrogen (secondary N) is 1. The minimum absolute atomic E-state index is 0.834. The van der Waals surface area contributed by atoms with Crippen molar-refractivity contribution in [3.63, 3.8) is 0 Å². The Morgan fingerprint density at radius 1 is 1.42 bits per heavy atom. The fourth-order valence-corrected chi connectivity index (χ4v) is 2.53. The largest absolute Gasteiger partial charge is 0.314 e. The molecule has 0 aliphatic heterocycles. The highest BCUT2D eigenvalue weighted by atomic mass is 32.2. The Bertz CT molecular complexity index is 110. The number of hydrogen-bond donors (Lipinski definition) is 1. The molecule has 0 heterocycles. The van der Waals surface area contributed by atoms with Crippen LogP contribution in [0.25, 0.3) is 0 Å². The molecule has 0 aromatic rings. The third-order valence-electron chi connectivity index (χ3n) is 2.56. The molecule has 1 aliphatic rings. The van der Waals surface area contributed by atoms with Gasteiger partial charge in [-0.1, -0.05) is 19.8 Å². The zero-order valence-electron chi connectivity index (χ0n) is 8.31. The fraction of sp³-hybridized carbons (Fsp3) is 1.00. The monoisotopic (exact) mass is 187 g/mol. The second-order valence-corrected chi connectivity index (χ2v) is 4.86. The zero-order chi connectivity index (χ0) is 8.81. The summed E-state index contributed by atoms with van der Waals surface area (Å²) in [6.07, 6.45) is 7.88. The van der Waals surface area contributed by atoms with E-state index in [0.29, 0.717) is 0 Å². The van der Waals surface area contributed by atoms with Crippen molar-refractivity contribution in [1.29, 1.82) is 0 Å². The molecule has 1 fully saturated rings. The standard InChI is InChI=1S/C10H21NS/c1-9(8-12-2)7-11-10-5-3-4-6-10/h9-11H,3-8H2,1-2H3. The topological polar surface area (TPSA) is 12.0 Å². The summed E-state index contributed by atoms with van der Waals surface area (Å²) >= 11 is 1.95. The quantitative estimate of drug-likeness (QED) is 0.710. The maximum absolute atomic E-state index is 3.65. The molecule has 1 aliphatic carbocycles. The first kappa shape index (κ1) is 10.4. The van der Waals surface area contributed by atoms with E-state index >= 15 is 0 Å². The van der Waals surface area contributed by atoms with Gasteiger partial charge < -0.3 is 5.32 Å². The Labute approximate surface area is 80.7 Å². The number of thioether (sulfide) groups is 1. The van der Waals surface area contributed by atoms with Gasteiger partial charge >= 0.3 is 0 Å². The van der Waals surface area contributed by atoms with Gasteiger partial charge in [0.25, 0.3) is 0 Å². The van der Waals surface area contributed by atoms with Gasteiger partial charge in [0.2, 0.25) is 0 Å². The van der Waals surface area contributed by atoms with Gasteiger partial charge in [0, 0.05) is 6.04 Å².